The van der Waals surface area contributed by atoms with Gasteiger partial charge in [0.05, 0.1) is 7.11 Å². The van der Waals surface area contributed by atoms with Crippen molar-refractivity contribution in [3.05, 3.63) is 41.8 Å². The van der Waals surface area contributed by atoms with Crippen molar-refractivity contribution in [2.45, 2.75) is 32.7 Å². The Morgan fingerprint density at radius 3 is 2.63 bits per heavy atom. The van der Waals surface area contributed by atoms with Gasteiger partial charge < -0.3 is 9.16 Å². The fourth-order valence-corrected chi connectivity index (χ4v) is 2.11. The third-order valence-corrected chi connectivity index (χ3v) is 3.75. The number of hydrogen-bond donors (Lipinski definition) is 0. The average molecular weight is 277 g/mol. The molecule has 104 valence electrons. The number of rotatable bonds is 5. The van der Waals surface area contributed by atoms with E-state index in [-0.39, 0.29) is 5.04 Å². The van der Waals surface area contributed by atoms with Crippen molar-refractivity contribution in [2.24, 2.45) is 4.99 Å². The summed E-state index contributed by atoms with van der Waals surface area (Å²) in [6.45, 7) is 12.4. The van der Waals surface area contributed by atoms with Gasteiger partial charge in [-0.25, -0.2) is 4.99 Å². The van der Waals surface area contributed by atoms with Gasteiger partial charge in [-0.3, -0.25) is 0 Å². The second kappa shape index (κ2) is 6.57. The zero-order chi connectivity index (χ0) is 14.5. The maximum absolute atomic E-state index is 5.64. The molecule has 4 heteroatoms. The lowest BCUT2D eigenvalue weighted by Crippen LogP contribution is -2.11. The topological polar surface area (TPSA) is 30.8 Å². The smallest absolute Gasteiger partial charge is 0.226 e. The SMILES string of the molecule is C=C(/N=C/c1cc(C)ccc1OC)O[SiH2]C(C)(C)C. The molecule has 0 N–H and O–H groups in total. The molecule has 1 aromatic carbocycles. The van der Waals surface area contributed by atoms with Gasteiger partial charge in [0, 0.05) is 11.8 Å². The first-order chi connectivity index (χ1) is 8.81. The molecule has 0 aromatic heterocycles. The predicted molar refractivity (Wildman–Crippen MR) is 83.8 cm³/mol. The van der Waals surface area contributed by atoms with Gasteiger partial charge >= 0.3 is 0 Å². The molecule has 0 spiro atoms. The molecule has 0 fully saturated rings. The third-order valence-electron chi connectivity index (χ3n) is 2.40. The Morgan fingerprint density at radius 1 is 1.37 bits per heavy atom. The van der Waals surface area contributed by atoms with Crippen LogP contribution in [0.15, 0.2) is 35.7 Å². The number of benzene rings is 1. The van der Waals surface area contributed by atoms with Crippen molar-refractivity contribution >= 4 is 16.0 Å². The van der Waals surface area contributed by atoms with Crippen LogP contribution >= 0.6 is 0 Å². The molecule has 0 aliphatic rings. The van der Waals surface area contributed by atoms with Crippen LogP contribution in [0.2, 0.25) is 5.04 Å². The first kappa shape index (κ1) is 15.5. The highest BCUT2D eigenvalue weighted by atomic mass is 28.2. The number of ether oxygens (including phenoxy) is 1. The molecule has 0 radical (unpaired) electrons. The van der Waals surface area contributed by atoms with Crippen LogP contribution in [0.25, 0.3) is 0 Å². The van der Waals surface area contributed by atoms with Gasteiger partial charge in [0.15, 0.2) is 5.88 Å². The molecule has 0 aliphatic carbocycles. The summed E-state index contributed by atoms with van der Waals surface area (Å²) < 4.78 is 10.9. The monoisotopic (exact) mass is 277 g/mol. The van der Waals surface area contributed by atoms with Gasteiger partial charge in [-0.1, -0.05) is 32.4 Å². The summed E-state index contributed by atoms with van der Waals surface area (Å²) in [4.78, 5) is 4.26. The lowest BCUT2D eigenvalue weighted by Gasteiger charge is -2.17. The maximum atomic E-state index is 5.64. The van der Waals surface area contributed by atoms with Crippen molar-refractivity contribution < 1.29 is 9.16 Å². The summed E-state index contributed by atoms with van der Waals surface area (Å²) in [5.41, 5.74) is 2.10. The Hall–Kier alpha value is -1.55. The van der Waals surface area contributed by atoms with Crippen LogP contribution in [-0.2, 0) is 4.43 Å². The van der Waals surface area contributed by atoms with Gasteiger partial charge in [0.1, 0.15) is 5.75 Å². The van der Waals surface area contributed by atoms with Crippen LogP contribution in [-0.4, -0.2) is 23.1 Å². The summed E-state index contributed by atoms with van der Waals surface area (Å²) in [6.07, 6.45) is 1.74. The summed E-state index contributed by atoms with van der Waals surface area (Å²) in [6, 6.07) is 5.97. The van der Waals surface area contributed by atoms with Crippen LogP contribution < -0.4 is 4.74 Å². The zero-order valence-corrected chi connectivity index (χ0v) is 13.9. The first-order valence-electron chi connectivity index (χ1n) is 6.32. The number of aryl methyl sites for hydroxylation is 1. The minimum atomic E-state index is -0.665. The molecular weight excluding hydrogens is 254 g/mol. The van der Waals surface area contributed by atoms with Crippen molar-refractivity contribution in [1.82, 2.24) is 0 Å². The minimum Gasteiger partial charge on any atom is -0.536 e. The van der Waals surface area contributed by atoms with E-state index in [1.165, 1.54) is 0 Å². The summed E-state index contributed by atoms with van der Waals surface area (Å²) >= 11 is 0. The number of hydrogen-bond acceptors (Lipinski definition) is 3. The second-order valence-corrected chi connectivity index (χ2v) is 8.45. The molecule has 0 unspecified atom stereocenters. The average Bonchev–Trinajstić information content (AvgIpc) is 2.33. The summed E-state index contributed by atoms with van der Waals surface area (Å²) in [5, 5.41) is 0.236. The van der Waals surface area contributed by atoms with E-state index in [2.05, 4.69) is 32.3 Å². The minimum absolute atomic E-state index is 0.236. The molecule has 0 aliphatic heterocycles. The van der Waals surface area contributed by atoms with E-state index in [1.54, 1.807) is 13.3 Å². The lowest BCUT2D eigenvalue weighted by atomic mass is 10.1. The zero-order valence-electron chi connectivity index (χ0n) is 12.5. The molecule has 19 heavy (non-hydrogen) atoms. The van der Waals surface area contributed by atoms with E-state index in [1.807, 2.05) is 25.1 Å². The van der Waals surface area contributed by atoms with Gasteiger partial charge in [-0.2, -0.15) is 0 Å². The van der Waals surface area contributed by atoms with Crippen LogP contribution in [0.5, 0.6) is 5.75 Å². The van der Waals surface area contributed by atoms with Gasteiger partial charge in [0.2, 0.25) is 9.76 Å². The number of methoxy groups -OCH3 is 1. The summed E-state index contributed by atoms with van der Waals surface area (Å²) in [5.74, 6) is 1.28. The maximum Gasteiger partial charge on any atom is 0.226 e. The Kier molecular flexibility index (Phi) is 5.36. The van der Waals surface area contributed by atoms with Crippen molar-refractivity contribution in [2.75, 3.05) is 7.11 Å². The fraction of sp³-hybridized carbons (Fsp3) is 0.400. The van der Waals surface area contributed by atoms with E-state index in [9.17, 15) is 0 Å². The van der Waals surface area contributed by atoms with Crippen LogP contribution in [0.1, 0.15) is 31.9 Å². The number of nitrogens with zero attached hydrogens (tertiary/aromatic N) is 1. The third kappa shape index (κ3) is 5.74. The Balaban J connectivity index is 2.71. The van der Waals surface area contributed by atoms with Crippen molar-refractivity contribution in [3.8, 4) is 5.75 Å². The summed E-state index contributed by atoms with van der Waals surface area (Å²) in [7, 11) is 0.987. The Bertz CT molecular complexity index is 476. The Morgan fingerprint density at radius 2 is 2.05 bits per heavy atom. The van der Waals surface area contributed by atoms with Gasteiger partial charge in [-0.05, 0) is 30.7 Å². The van der Waals surface area contributed by atoms with E-state index in [0.29, 0.717) is 5.88 Å². The van der Waals surface area contributed by atoms with E-state index in [4.69, 9.17) is 9.16 Å². The highest BCUT2D eigenvalue weighted by molar-refractivity contribution is 6.32. The fourth-order valence-electron chi connectivity index (χ4n) is 1.43. The molecule has 0 atom stereocenters. The Labute approximate surface area is 118 Å². The first-order valence-corrected chi connectivity index (χ1v) is 7.61. The molecule has 0 bridgehead atoms. The van der Waals surface area contributed by atoms with E-state index < -0.39 is 9.76 Å². The van der Waals surface area contributed by atoms with Crippen LogP contribution in [0, 0.1) is 6.92 Å². The van der Waals surface area contributed by atoms with Crippen LogP contribution in [0.4, 0.5) is 0 Å². The second-order valence-electron chi connectivity index (χ2n) is 5.75. The predicted octanol–water partition coefficient (Wildman–Crippen LogP) is 3.21. The molecular formula is C15H23NO2Si. The highest BCUT2D eigenvalue weighted by Gasteiger charge is 2.12. The van der Waals surface area contributed by atoms with E-state index in [0.717, 1.165) is 16.9 Å². The molecule has 0 heterocycles. The normalized spacial score (nSPS) is 12.3. The molecule has 0 saturated carbocycles. The quantitative estimate of drug-likeness (QED) is 0.470. The molecule has 3 nitrogen and oxygen atoms in total. The highest BCUT2D eigenvalue weighted by Crippen LogP contribution is 2.21. The van der Waals surface area contributed by atoms with Gasteiger partial charge in [0.25, 0.3) is 0 Å². The molecule has 1 aromatic rings. The molecule has 0 saturated heterocycles. The lowest BCUT2D eigenvalue weighted by molar-refractivity contribution is 0.413. The van der Waals surface area contributed by atoms with Crippen molar-refractivity contribution in [1.29, 1.82) is 0 Å². The van der Waals surface area contributed by atoms with Crippen LogP contribution in [0.3, 0.4) is 0 Å². The largest absolute Gasteiger partial charge is 0.536 e. The van der Waals surface area contributed by atoms with Gasteiger partial charge in [-0.15, -0.1) is 0 Å². The number of aliphatic imine (C=N–C) groups is 1. The molecule has 1 rings (SSSR count). The van der Waals surface area contributed by atoms with E-state index >= 15 is 0 Å². The van der Waals surface area contributed by atoms with Crippen molar-refractivity contribution in [3.63, 3.8) is 0 Å². The molecule has 0 amide bonds. The standard InChI is InChI=1S/C15H23NO2Si/c1-11-7-8-14(17-6)13(9-11)10-16-12(2)18-19-15(3,4)5/h7-10H,2,19H2,1,3-6H3/b16-10+.